The minimum absolute atomic E-state index is 0.0490. The van der Waals surface area contributed by atoms with Crippen LogP contribution in [0.5, 0.6) is 0 Å². The second kappa shape index (κ2) is 5.46. The van der Waals surface area contributed by atoms with Gasteiger partial charge in [0.05, 0.1) is 6.61 Å². The lowest BCUT2D eigenvalue weighted by molar-refractivity contribution is -0.165. The molecule has 1 amide bonds. The van der Waals surface area contributed by atoms with Crippen LogP contribution in [0.15, 0.2) is 0 Å². The van der Waals surface area contributed by atoms with E-state index >= 15 is 0 Å². The molecule has 19 heavy (non-hydrogen) atoms. The molecule has 7 heteroatoms. The minimum atomic E-state index is -1.16. The summed E-state index contributed by atoms with van der Waals surface area (Å²) in [5.74, 6) is -1.77. The molecule has 0 aromatic heterocycles. The highest BCUT2D eigenvalue weighted by atomic mass is 16.6. The average molecular weight is 273 g/mol. The van der Waals surface area contributed by atoms with Crippen molar-refractivity contribution in [2.75, 3.05) is 6.61 Å². The first-order valence-corrected chi connectivity index (χ1v) is 6.08. The summed E-state index contributed by atoms with van der Waals surface area (Å²) in [6.07, 6.45) is -0.767. The molecule has 1 fully saturated rings. The number of likely N-dealkylation sites (tertiary alicyclic amines) is 1. The maximum absolute atomic E-state index is 11.9. The molecule has 0 unspecified atom stereocenters. The third-order valence-corrected chi connectivity index (χ3v) is 2.57. The van der Waals surface area contributed by atoms with Crippen molar-refractivity contribution in [3.8, 4) is 0 Å². The van der Waals surface area contributed by atoms with E-state index in [-0.39, 0.29) is 13.0 Å². The van der Waals surface area contributed by atoms with Crippen LogP contribution in [0.2, 0.25) is 0 Å². The summed E-state index contributed by atoms with van der Waals surface area (Å²) in [5.41, 5.74) is -0.755. The molecule has 108 valence electrons. The van der Waals surface area contributed by atoms with Crippen molar-refractivity contribution in [1.29, 1.82) is 0 Å². The number of aliphatic carboxylic acids is 1. The Morgan fingerprint density at radius 1 is 1.26 bits per heavy atom. The third-order valence-electron chi connectivity index (χ3n) is 2.57. The molecule has 2 atom stereocenters. The normalized spacial score (nSPS) is 22.4. The Hall–Kier alpha value is -1.79. The van der Waals surface area contributed by atoms with Crippen LogP contribution in [0.3, 0.4) is 0 Å². The molecule has 0 aromatic carbocycles. The Balaban J connectivity index is 2.79. The summed E-state index contributed by atoms with van der Waals surface area (Å²) in [6.45, 7) is 6.82. The van der Waals surface area contributed by atoms with Gasteiger partial charge in [-0.1, -0.05) is 0 Å². The zero-order chi connectivity index (χ0) is 14.8. The summed E-state index contributed by atoms with van der Waals surface area (Å²) >= 11 is 0. The van der Waals surface area contributed by atoms with Gasteiger partial charge in [-0.2, -0.15) is 0 Å². The molecule has 1 saturated heterocycles. The first-order chi connectivity index (χ1) is 8.67. The molecule has 1 aliphatic heterocycles. The van der Waals surface area contributed by atoms with Crippen LogP contribution in [0.1, 0.15) is 34.1 Å². The quantitative estimate of drug-likeness (QED) is 0.771. The zero-order valence-electron chi connectivity index (χ0n) is 11.5. The molecule has 0 radical (unpaired) electrons. The molecule has 0 aromatic rings. The number of rotatable bonds is 3. The van der Waals surface area contributed by atoms with E-state index < -0.39 is 35.7 Å². The lowest BCUT2D eigenvalue weighted by Gasteiger charge is -2.44. The number of carboxylic acid groups (broad SMARTS) is 1. The number of nitrogens with zero attached hydrogens (tertiary/aromatic N) is 1. The Labute approximate surface area is 111 Å². The SMILES string of the molecule is CCOC(=O)[C@@H]1C[C@H](C(=O)O)N1C(=O)OC(C)(C)C. The van der Waals surface area contributed by atoms with Crippen LogP contribution in [-0.2, 0) is 19.1 Å². The highest BCUT2D eigenvalue weighted by Crippen LogP contribution is 2.29. The van der Waals surface area contributed by atoms with Crippen LogP contribution in [0.25, 0.3) is 0 Å². The molecule has 1 heterocycles. The Morgan fingerprint density at radius 2 is 1.84 bits per heavy atom. The summed E-state index contributed by atoms with van der Waals surface area (Å²) in [4.78, 5) is 35.4. The standard InChI is InChI=1S/C12H19NO6/c1-5-18-10(16)8-6-7(9(14)15)13(8)11(17)19-12(2,3)4/h7-8H,5-6H2,1-4H3,(H,14,15)/t7-,8+/m1/s1. The smallest absolute Gasteiger partial charge is 0.411 e. The van der Waals surface area contributed by atoms with Gasteiger partial charge in [0.2, 0.25) is 0 Å². The zero-order valence-corrected chi connectivity index (χ0v) is 11.5. The number of ether oxygens (including phenoxy) is 2. The van der Waals surface area contributed by atoms with E-state index in [0.29, 0.717) is 0 Å². The number of carbonyl (C=O) groups excluding carboxylic acids is 2. The van der Waals surface area contributed by atoms with Crippen molar-refractivity contribution in [1.82, 2.24) is 4.90 Å². The molecule has 0 aliphatic carbocycles. The summed E-state index contributed by atoms with van der Waals surface area (Å²) in [7, 11) is 0. The van der Waals surface area contributed by atoms with E-state index in [1.807, 2.05) is 0 Å². The van der Waals surface area contributed by atoms with Gasteiger partial charge in [0.15, 0.2) is 0 Å². The number of amides is 1. The second-order valence-electron chi connectivity index (χ2n) is 5.25. The first kappa shape index (κ1) is 15.3. The van der Waals surface area contributed by atoms with Gasteiger partial charge in [0.25, 0.3) is 0 Å². The predicted octanol–water partition coefficient (Wildman–Crippen LogP) is 1.01. The fourth-order valence-electron chi connectivity index (χ4n) is 1.75. The fourth-order valence-corrected chi connectivity index (χ4v) is 1.75. The van der Waals surface area contributed by atoms with Crippen molar-refractivity contribution >= 4 is 18.0 Å². The second-order valence-corrected chi connectivity index (χ2v) is 5.25. The van der Waals surface area contributed by atoms with Gasteiger partial charge in [-0.05, 0) is 27.7 Å². The van der Waals surface area contributed by atoms with Crippen LogP contribution in [0, 0.1) is 0 Å². The van der Waals surface area contributed by atoms with Crippen LogP contribution < -0.4 is 0 Å². The molecule has 7 nitrogen and oxygen atoms in total. The molecule has 1 N–H and O–H groups in total. The average Bonchev–Trinajstić information content (AvgIpc) is 2.11. The van der Waals surface area contributed by atoms with E-state index in [9.17, 15) is 14.4 Å². The maximum Gasteiger partial charge on any atom is 0.411 e. The number of esters is 1. The highest BCUT2D eigenvalue weighted by molar-refractivity contribution is 5.90. The maximum atomic E-state index is 11.9. The summed E-state index contributed by atoms with van der Waals surface area (Å²) in [6, 6.07) is -1.92. The fraction of sp³-hybridized carbons (Fsp3) is 0.750. The largest absolute Gasteiger partial charge is 0.480 e. The van der Waals surface area contributed by atoms with E-state index in [2.05, 4.69) is 0 Å². The van der Waals surface area contributed by atoms with Crippen molar-refractivity contribution in [2.45, 2.75) is 51.8 Å². The Kier molecular flexibility index (Phi) is 4.39. The number of carbonyl (C=O) groups is 3. The van der Waals surface area contributed by atoms with Crippen molar-refractivity contribution < 1.29 is 29.0 Å². The first-order valence-electron chi connectivity index (χ1n) is 6.08. The third kappa shape index (κ3) is 3.59. The monoisotopic (exact) mass is 273 g/mol. The number of hydrogen-bond donors (Lipinski definition) is 1. The highest BCUT2D eigenvalue weighted by Gasteiger charge is 2.51. The summed E-state index contributed by atoms with van der Waals surface area (Å²) < 4.78 is 9.90. The predicted molar refractivity (Wildman–Crippen MR) is 64.5 cm³/mol. The molecular weight excluding hydrogens is 254 g/mol. The van der Waals surface area contributed by atoms with Crippen LogP contribution in [0.4, 0.5) is 4.79 Å². The lowest BCUT2D eigenvalue weighted by Crippen LogP contribution is -2.65. The van der Waals surface area contributed by atoms with Gasteiger partial charge in [-0.25, -0.2) is 14.4 Å². The molecule has 0 saturated carbocycles. The van der Waals surface area contributed by atoms with Gasteiger partial charge in [-0.3, -0.25) is 4.90 Å². The summed E-state index contributed by atoms with van der Waals surface area (Å²) in [5, 5.41) is 8.98. The molecule has 1 rings (SSSR count). The number of carboxylic acids is 1. The topological polar surface area (TPSA) is 93.1 Å². The number of hydrogen-bond acceptors (Lipinski definition) is 5. The molecule has 0 spiro atoms. The molecule has 1 aliphatic rings. The minimum Gasteiger partial charge on any atom is -0.480 e. The van der Waals surface area contributed by atoms with Gasteiger partial charge >= 0.3 is 18.0 Å². The van der Waals surface area contributed by atoms with Crippen molar-refractivity contribution in [3.05, 3.63) is 0 Å². The van der Waals surface area contributed by atoms with E-state index in [1.165, 1.54) is 0 Å². The lowest BCUT2D eigenvalue weighted by atomic mass is 9.93. The van der Waals surface area contributed by atoms with Gasteiger partial charge in [0.1, 0.15) is 17.7 Å². The van der Waals surface area contributed by atoms with Gasteiger partial charge in [0, 0.05) is 6.42 Å². The van der Waals surface area contributed by atoms with Gasteiger partial charge < -0.3 is 14.6 Å². The Bertz CT molecular complexity index is 386. The van der Waals surface area contributed by atoms with E-state index in [1.54, 1.807) is 27.7 Å². The van der Waals surface area contributed by atoms with Crippen LogP contribution in [-0.4, -0.2) is 52.3 Å². The molecular formula is C12H19NO6. The molecule has 0 bridgehead atoms. The Morgan fingerprint density at radius 3 is 2.26 bits per heavy atom. The van der Waals surface area contributed by atoms with Crippen molar-refractivity contribution in [2.24, 2.45) is 0 Å². The van der Waals surface area contributed by atoms with Crippen molar-refractivity contribution in [3.63, 3.8) is 0 Å². The van der Waals surface area contributed by atoms with Crippen LogP contribution >= 0.6 is 0 Å². The van der Waals surface area contributed by atoms with E-state index in [0.717, 1.165) is 4.90 Å². The van der Waals surface area contributed by atoms with E-state index in [4.69, 9.17) is 14.6 Å². The van der Waals surface area contributed by atoms with Gasteiger partial charge in [-0.15, -0.1) is 0 Å².